The van der Waals surface area contributed by atoms with E-state index in [1.54, 1.807) is 24.3 Å². The third-order valence-corrected chi connectivity index (χ3v) is 6.91. The summed E-state index contributed by atoms with van der Waals surface area (Å²) in [7, 11) is 1.90. The topological polar surface area (TPSA) is 86.6 Å². The molecule has 0 radical (unpaired) electrons. The number of aryl methyl sites for hydroxylation is 1. The van der Waals surface area contributed by atoms with Crippen LogP contribution in [0.15, 0.2) is 72.8 Å². The monoisotopic (exact) mass is 482 g/mol. The summed E-state index contributed by atoms with van der Waals surface area (Å²) in [6, 6.07) is 22.6. The number of fused-ring (bicyclic) bond motifs is 1. The van der Waals surface area contributed by atoms with Crippen molar-refractivity contribution in [2.75, 3.05) is 23.3 Å². The Morgan fingerprint density at radius 3 is 2.39 bits per heavy atom. The van der Waals surface area contributed by atoms with Crippen molar-refractivity contribution in [1.82, 2.24) is 9.88 Å². The fourth-order valence-electron chi connectivity index (χ4n) is 4.95. The van der Waals surface area contributed by atoms with Crippen LogP contribution in [0.1, 0.15) is 52.2 Å². The van der Waals surface area contributed by atoms with Crippen LogP contribution in [0.25, 0.3) is 10.9 Å². The van der Waals surface area contributed by atoms with Gasteiger partial charge < -0.3 is 25.2 Å². The first-order valence-electron chi connectivity index (χ1n) is 12.3. The predicted molar refractivity (Wildman–Crippen MR) is 143 cm³/mol. The number of anilines is 3. The molecule has 184 valence electrons. The molecule has 0 saturated carbocycles. The molecule has 0 unspecified atom stereocenters. The molecule has 1 amide bonds. The van der Waals surface area contributed by atoms with E-state index in [-0.39, 0.29) is 17.5 Å². The van der Waals surface area contributed by atoms with Crippen LogP contribution in [-0.2, 0) is 7.05 Å². The van der Waals surface area contributed by atoms with Crippen LogP contribution in [0.4, 0.5) is 17.1 Å². The fourth-order valence-corrected chi connectivity index (χ4v) is 4.95. The largest absolute Gasteiger partial charge is 0.478 e. The standard InChI is InChI=1S/C29H30N4O3/c1-19(20-12-14-21(15-13-20)29(35)36)30-28(34)27-26(24-10-3-4-11-25(24)32(27)2)31-22-8-7-9-23(18-22)33-16-5-6-17-33/h3-4,7-15,18-19,31H,5-6,16-17H2,1-2H3,(H,30,34)(H,35,36)/t19-/m0/s1. The Hall–Kier alpha value is -4.26. The van der Waals surface area contributed by atoms with Crippen LogP contribution in [-0.4, -0.2) is 34.6 Å². The summed E-state index contributed by atoms with van der Waals surface area (Å²) in [6.45, 7) is 4.02. The summed E-state index contributed by atoms with van der Waals surface area (Å²) in [6.07, 6.45) is 2.42. The molecular formula is C29H30N4O3. The van der Waals surface area contributed by atoms with Crippen molar-refractivity contribution in [3.63, 3.8) is 0 Å². The van der Waals surface area contributed by atoms with E-state index in [1.165, 1.54) is 18.5 Å². The Morgan fingerprint density at radius 1 is 0.944 bits per heavy atom. The minimum Gasteiger partial charge on any atom is -0.478 e. The molecule has 1 aliphatic rings. The minimum absolute atomic E-state index is 0.207. The van der Waals surface area contributed by atoms with E-state index in [0.717, 1.165) is 40.9 Å². The number of aromatic carboxylic acids is 1. The van der Waals surface area contributed by atoms with E-state index in [9.17, 15) is 9.59 Å². The van der Waals surface area contributed by atoms with Gasteiger partial charge >= 0.3 is 5.97 Å². The van der Waals surface area contributed by atoms with E-state index in [4.69, 9.17) is 5.11 Å². The number of carbonyl (C=O) groups excluding carboxylic acids is 1. The van der Waals surface area contributed by atoms with Gasteiger partial charge in [-0.15, -0.1) is 0 Å². The normalized spacial score (nSPS) is 14.1. The van der Waals surface area contributed by atoms with Gasteiger partial charge in [-0.25, -0.2) is 4.79 Å². The summed E-state index contributed by atoms with van der Waals surface area (Å²) in [5.41, 5.74) is 5.42. The van der Waals surface area contributed by atoms with Crippen LogP contribution >= 0.6 is 0 Å². The lowest BCUT2D eigenvalue weighted by Crippen LogP contribution is -2.29. The Morgan fingerprint density at radius 2 is 1.67 bits per heavy atom. The van der Waals surface area contributed by atoms with Gasteiger partial charge in [0.25, 0.3) is 5.91 Å². The van der Waals surface area contributed by atoms with E-state index in [0.29, 0.717) is 5.69 Å². The van der Waals surface area contributed by atoms with Gasteiger partial charge in [-0.05, 0) is 61.7 Å². The first kappa shape index (κ1) is 23.5. The Bertz CT molecular complexity index is 1420. The molecule has 7 heteroatoms. The van der Waals surface area contributed by atoms with Crippen LogP contribution in [0.2, 0.25) is 0 Å². The van der Waals surface area contributed by atoms with Crippen molar-refractivity contribution in [3.8, 4) is 0 Å². The van der Waals surface area contributed by atoms with Gasteiger partial charge in [0.1, 0.15) is 5.69 Å². The summed E-state index contributed by atoms with van der Waals surface area (Å²) < 4.78 is 1.91. The van der Waals surface area contributed by atoms with Gasteiger partial charge in [0.15, 0.2) is 0 Å². The molecular weight excluding hydrogens is 452 g/mol. The third kappa shape index (κ3) is 4.52. The number of rotatable bonds is 7. The van der Waals surface area contributed by atoms with Gasteiger partial charge in [-0.3, -0.25) is 4.79 Å². The number of nitrogens with zero attached hydrogens (tertiary/aromatic N) is 2. The number of benzene rings is 3. The molecule has 0 aliphatic carbocycles. The Labute approximate surface area is 210 Å². The average Bonchev–Trinajstić information content (AvgIpc) is 3.52. The predicted octanol–water partition coefficient (Wildman–Crippen LogP) is 5.71. The second-order valence-electron chi connectivity index (χ2n) is 9.29. The molecule has 1 saturated heterocycles. The summed E-state index contributed by atoms with van der Waals surface area (Å²) >= 11 is 0. The van der Waals surface area contributed by atoms with Crippen molar-refractivity contribution < 1.29 is 14.7 Å². The smallest absolute Gasteiger partial charge is 0.335 e. The van der Waals surface area contributed by atoms with Crippen molar-refractivity contribution in [2.24, 2.45) is 7.05 Å². The second-order valence-corrected chi connectivity index (χ2v) is 9.29. The molecule has 5 rings (SSSR count). The minimum atomic E-state index is -0.974. The zero-order chi connectivity index (χ0) is 25.2. The summed E-state index contributed by atoms with van der Waals surface area (Å²) in [4.78, 5) is 27.2. The summed E-state index contributed by atoms with van der Waals surface area (Å²) in [5.74, 6) is -1.18. The molecule has 1 aromatic heterocycles. The van der Waals surface area contributed by atoms with Crippen molar-refractivity contribution in [1.29, 1.82) is 0 Å². The highest BCUT2D eigenvalue weighted by molar-refractivity contribution is 6.10. The zero-order valence-corrected chi connectivity index (χ0v) is 20.5. The summed E-state index contributed by atoms with van der Waals surface area (Å²) in [5, 5.41) is 16.8. The number of nitrogens with one attached hydrogen (secondary N) is 2. The second kappa shape index (κ2) is 9.77. The van der Waals surface area contributed by atoms with Crippen molar-refractivity contribution in [3.05, 3.63) is 89.6 Å². The van der Waals surface area contributed by atoms with E-state index < -0.39 is 5.97 Å². The Balaban J connectivity index is 1.46. The molecule has 3 N–H and O–H groups in total. The van der Waals surface area contributed by atoms with Crippen LogP contribution < -0.4 is 15.5 Å². The van der Waals surface area contributed by atoms with Gasteiger partial charge in [-0.2, -0.15) is 0 Å². The highest BCUT2D eigenvalue weighted by Crippen LogP contribution is 2.34. The molecule has 7 nitrogen and oxygen atoms in total. The number of amides is 1. The first-order chi connectivity index (χ1) is 17.4. The van der Waals surface area contributed by atoms with Crippen molar-refractivity contribution in [2.45, 2.75) is 25.8 Å². The Kier molecular flexibility index (Phi) is 6.38. The highest BCUT2D eigenvalue weighted by Gasteiger charge is 2.23. The van der Waals surface area contributed by atoms with Crippen molar-refractivity contribution >= 4 is 39.8 Å². The van der Waals surface area contributed by atoms with Crippen LogP contribution in [0, 0.1) is 0 Å². The lowest BCUT2D eigenvalue weighted by Gasteiger charge is -2.19. The molecule has 4 aromatic rings. The quantitative estimate of drug-likeness (QED) is 0.314. The van der Waals surface area contributed by atoms with Gasteiger partial charge in [0, 0.05) is 36.9 Å². The lowest BCUT2D eigenvalue weighted by atomic mass is 10.1. The number of hydrogen-bond donors (Lipinski definition) is 3. The number of carboxylic acid groups (broad SMARTS) is 1. The van der Waals surface area contributed by atoms with Gasteiger partial charge in [0.05, 0.1) is 22.8 Å². The molecule has 1 atom stereocenters. The molecule has 1 aliphatic heterocycles. The third-order valence-electron chi connectivity index (χ3n) is 6.91. The molecule has 36 heavy (non-hydrogen) atoms. The zero-order valence-electron chi connectivity index (χ0n) is 20.5. The molecule has 1 fully saturated rings. The average molecular weight is 483 g/mol. The van der Waals surface area contributed by atoms with E-state index in [1.807, 2.05) is 54.9 Å². The highest BCUT2D eigenvalue weighted by atomic mass is 16.4. The van der Waals surface area contributed by atoms with Gasteiger partial charge in [0.2, 0.25) is 0 Å². The van der Waals surface area contributed by atoms with Crippen LogP contribution in [0.3, 0.4) is 0 Å². The number of carboxylic acids is 1. The maximum atomic E-state index is 13.6. The van der Waals surface area contributed by atoms with Gasteiger partial charge in [-0.1, -0.05) is 36.4 Å². The number of para-hydroxylation sites is 1. The first-order valence-corrected chi connectivity index (χ1v) is 12.3. The van der Waals surface area contributed by atoms with E-state index >= 15 is 0 Å². The molecule has 0 bridgehead atoms. The maximum absolute atomic E-state index is 13.6. The number of carbonyl (C=O) groups is 2. The van der Waals surface area contributed by atoms with E-state index in [2.05, 4.69) is 27.7 Å². The molecule has 2 heterocycles. The number of hydrogen-bond acceptors (Lipinski definition) is 4. The fraction of sp³-hybridized carbons (Fsp3) is 0.241. The molecule has 0 spiro atoms. The SMILES string of the molecule is C[C@H](NC(=O)c1c(Nc2cccc(N3CCCC3)c2)c2ccccc2n1C)c1ccc(C(=O)O)cc1. The molecule has 3 aromatic carbocycles. The maximum Gasteiger partial charge on any atom is 0.335 e. The lowest BCUT2D eigenvalue weighted by molar-refractivity contribution is 0.0696. The number of aromatic nitrogens is 1. The van der Waals surface area contributed by atoms with Crippen LogP contribution in [0.5, 0.6) is 0 Å².